The van der Waals surface area contributed by atoms with Gasteiger partial charge in [-0.05, 0) is 47.9 Å². The Balaban J connectivity index is 1.39. The first kappa shape index (κ1) is 26.2. The summed E-state index contributed by atoms with van der Waals surface area (Å²) in [6, 6.07) is 15.4. The Morgan fingerprint density at radius 3 is 2.20 bits per heavy atom. The van der Waals surface area contributed by atoms with Crippen molar-refractivity contribution in [3.05, 3.63) is 59.7 Å². The van der Waals surface area contributed by atoms with E-state index in [9.17, 15) is 19.5 Å². The van der Waals surface area contributed by atoms with E-state index in [0.29, 0.717) is 38.8 Å². The standard InChI is InChI=1S/C27H34N2O6/c1-18(25(30)29-24(26(31)32)14-8-16-34-2)9-7-15-28-27(33)35-17-23-21-12-5-3-10-19(21)20-11-4-6-13-22(20)23/h3-6,10-13,18,23-24H,7-9,14-17H2,1-2H3,(H,28,33)(H,29,30)(H,31,32). The molecule has 0 saturated carbocycles. The largest absolute Gasteiger partial charge is 0.480 e. The highest BCUT2D eigenvalue weighted by atomic mass is 16.5. The Morgan fingerprint density at radius 1 is 0.971 bits per heavy atom. The van der Waals surface area contributed by atoms with Gasteiger partial charge >= 0.3 is 12.1 Å². The maximum Gasteiger partial charge on any atom is 0.407 e. The Morgan fingerprint density at radius 2 is 1.60 bits per heavy atom. The van der Waals surface area contributed by atoms with Crippen LogP contribution in [0.5, 0.6) is 0 Å². The van der Waals surface area contributed by atoms with E-state index in [0.717, 1.165) is 11.1 Å². The van der Waals surface area contributed by atoms with Gasteiger partial charge in [0.15, 0.2) is 0 Å². The molecule has 0 fully saturated rings. The second-order valence-electron chi connectivity index (χ2n) is 8.83. The molecule has 2 aromatic carbocycles. The fraction of sp³-hybridized carbons (Fsp3) is 0.444. The second-order valence-corrected chi connectivity index (χ2v) is 8.83. The third-order valence-electron chi connectivity index (χ3n) is 6.33. The summed E-state index contributed by atoms with van der Waals surface area (Å²) < 4.78 is 10.5. The zero-order valence-electron chi connectivity index (χ0n) is 20.3. The van der Waals surface area contributed by atoms with Gasteiger partial charge in [-0.15, -0.1) is 0 Å². The van der Waals surface area contributed by atoms with E-state index in [4.69, 9.17) is 9.47 Å². The molecule has 0 spiro atoms. The Hall–Kier alpha value is -3.39. The Kier molecular flexibility index (Phi) is 9.66. The molecule has 3 rings (SSSR count). The number of hydrogen-bond donors (Lipinski definition) is 3. The molecule has 2 atom stereocenters. The lowest BCUT2D eigenvalue weighted by Gasteiger charge is -2.18. The highest BCUT2D eigenvalue weighted by Crippen LogP contribution is 2.44. The zero-order chi connectivity index (χ0) is 25.2. The van der Waals surface area contributed by atoms with Crippen LogP contribution in [0.25, 0.3) is 11.1 Å². The van der Waals surface area contributed by atoms with Gasteiger partial charge in [0.25, 0.3) is 0 Å². The van der Waals surface area contributed by atoms with Gasteiger partial charge in [0.1, 0.15) is 12.6 Å². The van der Waals surface area contributed by atoms with Crippen LogP contribution in [-0.4, -0.2) is 56.0 Å². The van der Waals surface area contributed by atoms with E-state index < -0.39 is 18.1 Å². The smallest absolute Gasteiger partial charge is 0.407 e. The zero-order valence-corrected chi connectivity index (χ0v) is 20.3. The number of carbonyl (C=O) groups excluding carboxylic acids is 2. The molecule has 0 saturated heterocycles. The van der Waals surface area contributed by atoms with E-state index in [-0.39, 0.29) is 24.3 Å². The van der Waals surface area contributed by atoms with Crippen LogP contribution in [-0.2, 0) is 19.1 Å². The number of amides is 2. The molecule has 8 heteroatoms. The van der Waals surface area contributed by atoms with E-state index in [2.05, 4.69) is 34.9 Å². The summed E-state index contributed by atoms with van der Waals surface area (Å²) in [5.74, 6) is -1.74. The van der Waals surface area contributed by atoms with Crippen molar-refractivity contribution in [3.63, 3.8) is 0 Å². The van der Waals surface area contributed by atoms with Crippen molar-refractivity contribution in [1.82, 2.24) is 10.6 Å². The molecule has 2 amide bonds. The molecule has 3 N–H and O–H groups in total. The number of ether oxygens (including phenoxy) is 2. The van der Waals surface area contributed by atoms with Gasteiger partial charge in [-0.3, -0.25) is 4.79 Å². The highest BCUT2D eigenvalue weighted by Gasteiger charge is 2.29. The number of nitrogens with one attached hydrogen (secondary N) is 2. The van der Waals surface area contributed by atoms with E-state index in [1.54, 1.807) is 14.0 Å². The predicted molar refractivity (Wildman–Crippen MR) is 132 cm³/mol. The van der Waals surface area contributed by atoms with Crippen molar-refractivity contribution in [2.24, 2.45) is 5.92 Å². The van der Waals surface area contributed by atoms with E-state index in [1.807, 2.05) is 24.3 Å². The average Bonchev–Trinajstić information content (AvgIpc) is 3.18. The van der Waals surface area contributed by atoms with Gasteiger partial charge in [-0.2, -0.15) is 0 Å². The lowest BCUT2D eigenvalue weighted by Crippen LogP contribution is -2.43. The van der Waals surface area contributed by atoms with E-state index >= 15 is 0 Å². The quantitative estimate of drug-likeness (QED) is 0.373. The van der Waals surface area contributed by atoms with Crippen LogP contribution in [0.3, 0.4) is 0 Å². The minimum Gasteiger partial charge on any atom is -0.480 e. The van der Waals surface area contributed by atoms with Crippen molar-refractivity contribution in [1.29, 1.82) is 0 Å². The Labute approximate surface area is 206 Å². The molecule has 2 unspecified atom stereocenters. The fourth-order valence-electron chi connectivity index (χ4n) is 4.38. The highest BCUT2D eigenvalue weighted by molar-refractivity contribution is 5.84. The minimum atomic E-state index is -1.06. The van der Waals surface area contributed by atoms with Crippen molar-refractivity contribution >= 4 is 18.0 Å². The molecule has 0 aliphatic heterocycles. The normalized spacial score (nSPS) is 13.9. The topological polar surface area (TPSA) is 114 Å². The first-order valence-corrected chi connectivity index (χ1v) is 12.0. The van der Waals surface area contributed by atoms with Crippen LogP contribution in [0.1, 0.15) is 49.7 Å². The summed E-state index contributed by atoms with van der Waals surface area (Å²) in [5, 5.41) is 14.6. The molecule has 35 heavy (non-hydrogen) atoms. The van der Waals surface area contributed by atoms with Crippen molar-refractivity contribution in [3.8, 4) is 11.1 Å². The van der Waals surface area contributed by atoms with Crippen LogP contribution < -0.4 is 10.6 Å². The van der Waals surface area contributed by atoms with Gasteiger partial charge in [0.05, 0.1) is 0 Å². The molecule has 0 heterocycles. The number of benzene rings is 2. The van der Waals surface area contributed by atoms with Crippen LogP contribution in [0.15, 0.2) is 48.5 Å². The molecule has 188 valence electrons. The Bertz CT molecular complexity index is 979. The SMILES string of the molecule is COCCCC(NC(=O)C(C)CCCNC(=O)OCC1c2ccccc2-c2ccccc21)C(=O)O. The van der Waals surface area contributed by atoms with Gasteiger partial charge in [0, 0.05) is 32.1 Å². The average molecular weight is 483 g/mol. The molecule has 0 radical (unpaired) electrons. The van der Waals surface area contributed by atoms with Crippen molar-refractivity contribution in [2.45, 2.75) is 44.6 Å². The maximum atomic E-state index is 12.4. The number of carbonyl (C=O) groups is 3. The van der Waals surface area contributed by atoms with Gasteiger partial charge in [-0.1, -0.05) is 55.5 Å². The number of carboxylic acid groups (broad SMARTS) is 1. The molecule has 0 bridgehead atoms. The maximum absolute atomic E-state index is 12.4. The number of aliphatic carboxylic acids is 1. The van der Waals surface area contributed by atoms with Gasteiger partial charge in [-0.25, -0.2) is 9.59 Å². The van der Waals surface area contributed by atoms with Crippen molar-refractivity contribution < 1.29 is 29.0 Å². The van der Waals surface area contributed by atoms with Crippen LogP contribution >= 0.6 is 0 Å². The lowest BCUT2D eigenvalue weighted by atomic mass is 9.98. The van der Waals surface area contributed by atoms with Crippen molar-refractivity contribution in [2.75, 3.05) is 26.9 Å². The van der Waals surface area contributed by atoms with Crippen LogP contribution in [0.2, 0.25) is 0 Å². The minimum absolute atomic E-state index is 0.00272. The molecule has 1 aliphatic carbocycles. The molecule has 8 nitrogen and oxygen atoms in total. The summed E-state index contributed by atoms with van der Waals surface area (Å²) in [7, 11) is 1.55. The molecular weight excluding hydrogens is 448 g/mol. The second kappa shape index (κ2) is 12.9. The van der Waals surface area contributed by atoms with Crippen LogP contribution in [0.4, 0.5) is 4.79 Å². The van der Waals surface area contributed by atoms with Crippen LogP contribution in [0, 0.1) is 5.92 Å². The van der Waals surface area contributed by atoms with E-state index in [1.165, 1.54) is 11.1 Å². The van der Waals surface area contributed by atoms with Gasteiger partial charge < -0.3 is 25.2 Å². The number of methoxy groups -OCH3 is 1. The molecule has 1 aliphatic rings. The summed E-state index contributed by atoms with van der Waals surface area (Å²) in [6.07, 6.45) is 1.45. The monoisotopic (exact) mass is 482 g/mol. The third-order valence-corrected chi connectivity index (χ3v) is 6.33. The van der Waals surface area contributed by atoms with Gasteiger partial charge in [0.2, 0.25) is 5.91 Å². The number of carboxylic acids is 1. The fourth-order valence-corrected chi connectivity index (χ4v) is 4.38. The lowest BCUT2D eigenvalue weighted by molar-refractivity contribution is -0.142. The number of alkyl carbamates (subject to hydrolysis) is 1. The third kappa shape index (κ3) is 7.05. The summed E-state index contributed by atoms with van der Waals surface area (Å²) in [4.78, 5) is 36.0. The summed E-state index contributed by atoms with van der Waals surface area (Å²) in [5.41, 5.74) is 4.66. The first-order chi connectivity index (χ1) is 16.9. The number of fused-ring (bicyclic) bond motifs is 3. The predicted octanol–water partition coefficient (Wildman–Crippen LogP) is 3.94. The summed E-state index contributed by atoms with van der Waals surface area (Å²) in [6.45, 7) is 2.80. The number of hydrogen-bond acceptors (Lipinski definition) is 5. The molecule has 2 aromatic rings. The summed E-state index contributed by atoms with van der Waals surface area (Å²) >= 11 is 0. The molecule has 0 aromatic heterocycles. The number of rotatable bonds is 13. The first-order valence-electron chi connectivity index (χ1n) is 12.0. The molecular formula is C27H34N2O6.